The Kier molecular flexibility index (Phi) is 2.59. The second kappa shape index (κ2) is 3.15. The van der Waals surface area contributed by atoms with Gasteiger partial charge in [0.15, 0.2) is 5.78 Å². The Morgan fingerprint density at radius 3 is 2.36 bits per heavy atom. The maximum atomic E-state index is 11.1. The van der Waals surface area contributed by atoms with Crippen molar-refractivity contribution < 1.29 is 14.7 Å². The van der Waals surface area contributed by atoms with E-state index in [1.54, 1.807) is 0 Å². The van der Waals surface area contributed by atoms with E-state index in [1.807, 2.05) is 0 Å². The van der Waals surface area contributed by atoms with Gasteiger partial charge in [0.25, 0.3) is 0 Å². The Labute approximate surface area is 76.7 Å². The van der Waals surface area contributed by atoms with Crippen LogP contribution in [0, 0.1) is 0 Å². The van der Waals surface area contributed by atoms with E-state index in [1.165, 1.54) is 0 Å². The summed E-state index contributed by atoms with van der Waals surface area (Å²) in [6.07, 6.45) is 1.41. The third kappa shape index (κ3) is 1.96. The van der Waals surface area contributed by atoms with Crippen LogP contribution in [0.4, 0.5) is 4.79 Å². The van der Waals surface area contributed by atoms with Crippen LogP contribution in [0.1, 0.15) is 12.8 Å². The topological polar surface area (TPSA) is 54.4 Å². The van der Waals surface area contributed by atoms with Gasteiger partial charge in [0, 0.05) is 0 Å². The van der Waals surface area contributed by atoms with Gasteiger partial charge in [-0.2, -0.15) is 0 Å². The molecule has 0 aromatic heterocycles. The SMILES string of the molecule is O=C(O)SC1(C(=O)CBr)CC1. The molecule has 1 fully saturated rings. The number of halogens is 1. The predicted molar refractivity (Wildman–Crippen MR) is 46.4 cm³/mol. The Hall–Kier alpha value is -0.0300. The van der Waals surface area contributed by atoms with Crippen LogP contribution >= 0.6 is 27.7 Å². The first-order chi connectivity index (χ1) is 5.10. The lowest BCUT2D eigenvalue weighted by Gasteiger charge is -2.06. The van der Waals surface area contributed by atoms with Crippen LogP contribution in [-0.2, 0) is 4.79 Å². The van der Waals surface area contributed by atoms with Gasteiger partial charge in [0.2, 0.25) is 0 Å². The van der Waals surface area contributed by atoms with Gasteiger partial charge in [0.1, 0.15) is 0 Å². The molecular formula is C6H7BrO3S. The number of ketones is 1. The first-order valence-corrected chi connectivity index (χ1v) is 5.06. The van der Waals surface area contributed by atoms with E-state index in [2.05, 4.69) is 15.9 Å². The number of rotatable bonds is 3. The summed E-state index contributed by atoms with van der Waals surface area (Å²) in [6, 6.07) is 0. The van der Waals surface area contributed by atoms with Crippen molar-refractivity contribution in [3.05, 3.63) is 0 Å². The van der Waals surface area contributed by atoms with Gasteiger partial charge in [0.05, 0.1) is 10.1 Å². The monoisotopic (exact) mass is 238 g/mol. The zero-order valence-corrected chi connectivity index (χ0v) is 8.07. The molecule has 5 heteroatoms. The molecule has 11 heavy (non-hydrogen) atoms. The number of carbonyl (C=O) groups is 2. The molecule has 0 unspecified atom stereocenters. The molecule has 0 bridgehead atoms. The molecule has 0 radical (unpaired) electrons. The molecule has 1 saturated carbocycles. The second-order valence-corrected chi connectivity index (χ2v) is 4.31. The van der Waals surface area contributed by atoms with Crippen molar-refractivity contribution in [1.82, 2.24) is 0 Å². The minimum atomic E-state index is -0.961. The standard InChI is InChI=1S/C6H7BrO3S/c7-3-4(8)6(1-2-6)11-5(9)10/h1-3H2,(H,9,10). The fourth-order valence-electron chi connectivity index (χ4n) is 0.840. The molecule has 0 saturated heterocycles. The highest BCUT2D eigenvalue weighted by molar-refractivity contribution is 9.09. The van der Waals surface area contributed by atoms with Crippen LogP contribution in [0.15, 0.2) is 0 Å². The third-order valence-electron chi connectivity index (χ3n) is 1.62. The molecule has 1 rings (SSSR count). The number of alkyl halides is 1. The molecule has 0 amide bonds. The number of carbonyl (C=O) groups excluding carboxylic acids is 1. The van der Waals surface area contributed by atoms with Gasteiger partial charge >= 0.3 is 5.30 Å². The number of carboxylic acid groups (broad SMARTS) is 1. The molecule has 1 N–H and O–H groups in total. The number of hydrogen-bond donors (Lipinski definition) is 1. The van der Waals surface area contributed by atoms with E-state index >= 15 is 0 Å². The molecule has 0 aromatic carbocycles. The Morgan fingerprint density at radius 2 is 2.09 bits per heavy atom. The highest BCUT2D eigenvalue weighted by Crippen LogP contribution is 2.49. The summed E-state index contributed by atoms with van der Waals surface area (Å²) in [6.45, 7) is 0. The van der Waals surface area contributed by atoms with E-state index in [-0.39, 0.29) is 11.1 Å². The lowest BCUT2D eigenvalue weighted by molar-refractivity contribution is -0.116. The van der Waals surface area contributed by atoms with E-state index < -0.39 is 10.0 Å². The smallest absolute Gasteiger partial charge is 0.365 e. The largest absolute Gasteiger partial charge is 0.473 e. The van der Waals surface area contributed by atoms with Gasteiger partial charge in [-0.1, -0.05) is 15.9 Å². The number of hydrogen-bond acceptors (Lipinski definition) is 3. The number of thioether (sulfide) groups is 1. The summed E-state index contributed by atoms with van der Waals surface area (Å²) in [5.41, 5.74) is 0. The second-order valence-electron chi connectivity index (χ2n) is 2.42. The van der Waals surface area contributed by atoms with Crippen LogP contribution in [0.2, 0.25) is 0 Å². The zero-order chi connectivity index (χ0) is 8.48. The highest BCUT2D eigenvalue weighted by Gasteiger charge is 2.51. The lowest BCUT2D eigenvalue weighted by atomic mass is 10.3. The summed E-state index contributed by atoms with van der Waals surface area (Å²) in [5.74, 6) is -0.00935. The van der Waals surface area contributed by atoms with Crippen molar-refractivity contribution in [3.63, 3.8) is 0 Å². The van der Waals surface area contributed by atoms with Gasteiger partial charge in [-0.25, -0.2) is 4.79 Å². The maximum Gasteiger partial charge on any atom is 0.365 e. The number of Topliss-reactive ketones (excluding diaryl/α,β-unsaturated/α-hetero) is 1. The van der Waals surface area contributed by atoms with Crippen molar-refractivity contribution in [1.29, 1.82) is 0 Å². The fraction of sp³-hybridized carbons (Fsp3) is 0.667. The van der Waals surface area contributed by atoms with Crippen LogP contribution in [0.25, 0.3) is 0 Å². The predicted octanol–water partition coefficient (Wildman–Crippen LogP) is 1.89. The van der Waals surface area contributed by atoms with Crippen LogP contribution in [0.3, 0.4) is 0 Å². The average Bonchev–Trinajstić information content (AvgIpc) is 2.67. The molecule has 0 aliphatic heterocycles. The summed E-state index contributed by atoms with van der Waals surface area (Å²) in [5, 5.41) is 7.72. The Bertz CT molecular complexity index is 200. The van der Waals surface area contributed by atoms with E-state index in [0.29, 0.717) is 12.8 Å². The molecule has 0 aromatic rings. The summed E-state index contributed by atoms with van der Waals surface area (Å²) < 4.78 is -0.588. The van der Waals surface area contributed by atoms with E-state index in [0.717, 1.165) is 11.8 Å². The zero-order valence-electron chi connectivity index (χ0n) is 5.67. The van der Waals surface area contributed by atoms with Gasteiger partial charge < -0.3 is 5.11 Å². The minimum absolute atomic E-state index is 0.00935. The summed E-state index contributed by atoms with van der Waals surface area (Å²) in [7, 11) is 0. The first kappa shape index (κ1) is 9.06. The van der Waals surface area contributed by atoms with Crippen LogP contribution in [-0.4, -0.2) is 26.3 Å². The first-order valence-electron chi connectivity index (χ1n) is 3.12. The molecule has 62 valence electrons. The summed E-state index contributed by atoms with van der Waals surface area (Å²) in [4.78, 5) is 21.4. The van der Waals surface area contributed by atoms with Gasteiger partial charge in [-0.15, -0.1) is 0 Å². The highest BCUT2D eigenvalue weighted by atomic mass is 79.9. The molecule has 0 spiro atoms. The quantitative estimate of drug-likeness (QED) is 0.764. The van der Waals surface area contributed by atoms with Gasteiger partial charge in [-0.05, 0) is 24.6 Å². The van der Waals surface area contributed by atoms with Crippen molar-refractivity contribution in [3.8, 4) is 0 Å². The molecular weight excluding hydrogens is 232 g/mol. The van der Waals surface area contributed by atoms with E-state index in [9.17, 15) is 9.59 Å². The Balaban J connectivity index is 2.53. The van der Waals surface area contributed by atoms with Crippen molar-refractivity contribution in [2.45, 2.75) is 17.6 Å². The normalized spacial score (nSPS) is 19.4. The molecule has 0 atom stereocenters. The molecule has 1 aliphatic rings. The van der Waals surface area contributed by atoms with Crippen molar-refractivity contribution in [2.75, 3.05) is 5.33 Å². The molecule has 0 heterocycles. The Morgan fingerprint density at radius 1 is 1.55 bits per heavy atom. The van der Waals surface area contributed by atoms with Crippen molar-refractivity contribution >= 4 is 38.8 Å². The molecule has 1 aliphatic carbocycles. The lowest BCUT2D eigenvalue weighted by Crippen LogP contribution is -2.21. The fourth-order valence-corrected chi connectivity index (χ4v) is 2.39. The van der Waals surface area contributed by atoms with Gasteiger partial charge in [-0.3, -0.25) is 4.79 Å². The summed E-state index contributed by atoms with van der Waals surface area (Å²) >= 11 is 3.76. The maximum absolute atomic E-state index is 11.1. The molecule has 3 nitrogen and oxygen atoms in total. The van der Waals surface area contributed by atoms with Crippen LogP contribution in [0.5, 0.6) is 0 Å². The third-order valence-corrected chi connectivity index (χ3v) is 3.33. The average molecular weight is 239 g/mol. The van der Waals surface area contributed by atoms with Crippen LogP contribution < -0.4 is 0 Å². The van der Waals surface area contributed by atoms with E-state index in [4.69, 9.17) is 5.11 Å². The minimum Gasteiger partial charge on any atom is -0.473 e. The van der Waals surface area contributed by atoms with Crippen molar-refractivity contribution in [2.24, 2.45) is 0 Å².